The lowest BCUT2D eigenvalue weighted by molar-refractivity contribution is -0.121. The van der Waals surface area contributed by atoms with E-state index in [1.807, 2.05) is 0 Å². The number of aliphatic hydroxyl groups is 1. The number of anilines is 1. The molecule has 6 nitrogen and oxygen atoms in total. The van der Waals surface area contributed by atoms with Gasteiger partial charge in [0.2, 0.25) is 5.76 Å². The van der Waals surface area contributed by atoms with Crippen molar-refractivity contribution in [3.63, 3.8) is 0 Å². The van der Waals surface area contributed by atoms with Crippen LogP contribution in [0.15, 0.2) is 54.4 Å². The van der Waals surface area contributed by atoms with Gasteiger partial charge in [0, 0.05) is 12.1 Å². The topological polar surface area (TPSA) is 73.8 Å². The van der Waals surface area contributed by atoms with Crippen molar-refractivity contribution in [1.29, 1.82) is 0 Å². The Morgan fingerprint density at radius 3 is 2.90 bits per heavy atom. The molecule has 1 saturated heterocycles. The molecule has 2 aliphatic heterocycles. The van der Waals surface area contributed by atoms with Crippen LogP contribution in [0.1, 0.15) is 12.0 Å². The van der Waals surface area contributed by atoms with E-state index >= 15 is 0 Å². The molecule has 0 aromatic heterocycles. The molecule has 0 bridgehead atoms. The van der Waals surface area contributed by atoms with Crippen molar-refractivity contribution in [2.45, 2.75) is 25.1 Å². The number of hydrogen-bond acceptors (Lipinski definition) is 5. The fourth-order valence-electron chi connectivity index (χ4n) is 3.48. The number of benzene rings is 2. The van der Waals surface area contributed by atoms with Gasteiger partial charge in [0.1, 0.15) is 0 Å². The van der Waals surface area contributed by atoms with Crippen LogP contribution in [0.3, 0.4) is 0 Å². The molecule has 3 N–H and O–H groups in total. The lowest BCUT2D eigenvalue weighted by atomic mass is 10.0. The first kappa shape index (κ1) is 19.4. The van der Waals surface area contributed by atoms with Gasteiger partial charge in [0.25, 0.3) is 5.91 Å². The first-order valence-corrected chi connectivity index (χ1v) is 9.41. The molecule has 1 fully saturated rings. The molecule has 2 aliphatic rings. The second-order valence-corrected chi connectivity index (χ2v) is 7.04. The monoisotopic (exact) mass is 401 g/mol. The maximum absolute atomic E-state index is 14.2. The largest absolute Gasteiger partial charge is 0.448 e. The first-order chi connectivity index (χ1) is 14.0. The first-order valence-electron chi connectivity index (χ1n) is 9.41. The van der Waals surface area contributed by atoms with Gasteiger partial charge in [-0.05, 0) is 31.2 Å². The smallest absolute Gasteiger partial charge is 0.288 e. The Labute approximate surface area is 166 Å². The second-order valence-electron chi connectivity index (χ2n) is 7.04. The number of amides is 1. The molecule has 152 valence electrons. The molecule has 2 aromatic rings. The number of ether oxygens (including phenoxy) is 1. The highest BCUT2D eigenvalue weighted by Crippen LogP contribution is 2.35. The Bertz CT molecular complexity index is 951. The van der Waals surface area contributed by atoms with E-state index in [9.17, 15) is 18.7 Å². The summed E-state index contributed by atoms with van der Waals surface area (Å²) in [6.45, 7) is 1.12. The van der Waals surface area contributed by atoms with Crippen LogP contribution in [0.4, 0.5) is 14.5 Å². The minimum Gasteiger partial charge on any atom is -0.448 e. The van der Waals surface area contributed by atoms with Crippen LogP contribution in [0.25, 0.3) is 0 Å². The molecule has 2 atom stereocenters. The third kappa shape index (κ3) is 4.08. The number of halogens is 2. The van der Waals surface area contributed by atoms with E-state index in [-0.39, 0.29) is 23.9 Å². The number of carbonyl (C=O) groups excluding carboxylic acids is 1. The van der Waals surface area contributed by atoms with Crippen LogP contribution < -0.4 is 20.3 Å². The summed E-state index contributed by atoms with van der Waals surface area (Å²) in [6.07, 6.45) is 1.37. The number of nitrogens with one attached hydrogen (secondary N) is 2. The van der Waals surface area contributed by atoms with E-state index in [4.69, 9.17) is 4.74 Å². The van der Waals surface area contributed by atoms with Crippen LogP contribution >= 0.6 is 0 Å². The van der Waals surface area contributed by atoms with Crippen molar-refractivity contribution >= 4 is 11.6 Å². The highest BCUT2D eigenvalue weighted by Gasteiger charge is 2.29. The zero-order chi connectivity index (χ0) is 20.4. The Morgan fingerprint density at radius 1 is 1.24 bits per heavy atom. The van der Waals surface area contributed by atoms with Crippen molar-refractivity contribution in [3.8, 4) is 5.75 Å². The van der Waals surface area contributed by atoms with Crippen LogP contribution in [0, 0.1) is 11.6 Å². The van der Waals surface area contributed by atoms with Gasteiger partial charge < -0.3 is 25.4 Å². The molecular formula is C21H21F2N3O3. The number of carbonyl (C=O) groups is 1. The van der Waals surface area contributed by atoms with Gasteiger partial charge in [0.15, 0.2) is 17.4 Å². The molecule has 4 rings (SSSR count). The Balaban J connectivity index is 1.59. The molecule has 29 heavy (non-hydrogen) atoms. The van der Waals surface area contributed by atoms with Gasteiger partial charge in [-0.2, -0.15) is 0 Å². The average Bonchev–Trinajstić information content (AvgIpc) is 2.73. The summed E-state index contributed by atoms with van der Waals surface area (Å²) in [7, 11) is 0. The van der Waals surface area contributed by atoms with Crippen LogP contribution in [0.2, 0.25) is 0 Å². The molecule has 8 heteroatoms. The lowest BCUT2D eigenvalue weighted by Crippen LogP contribution is -2.53. The normalized spacial score (nSPS) is 21.1. The number of rotatable bonds is 4. The predicted octanol–water partition coefficient (Wildman–Crippen LogP) is 2.04. The quantitative estimate of drug-likeness (QED) is 0.731. The Morgan fingerprint density at radius 2 is 2.07 bits per heavy atom. The van der Waals surface area contributed by atoms with Crippen molar-refractivity contribution in [1.82, 2.24) is 10.6 Å². The standard InChI is InChI=1S/C21H21F2N3O3/c22-14-5-3-4-13(20(14)23)11-26-12-19(29-18-7-2-1-6-16(18)26)21(28)25-15-8-9-24-10-17(15)27/h1-7,12,15,17,24,27H,8-11H2,(H,25,28). The summed E-state index contributed by atoms with van der Waals surface area (Å²) in [6, 6.07) is 10.6. The van der Waals surface area contributed by atoms with Gasteiger partial charge in [-0.15, -0.1) is 0 Å². The summed E-state index contributed by atoms with van der Waals surface area (Å²) >= 11 is 0. The van der Waals surface area contributed by atoms with E-state index in [1.54, 1.807) is 29.2 Å². The fourth-order valence-corrected chi connectivity index (χ4v) is 3.48. The van der Waals surface area contributed by atoms with Crippen molar-refractivity contribution < 1.29 is 23.4 Å². The molecule has 2 heterocycles. The second kappa shape index (κ2) is 8.18. The third-order valence-electron chi connectivity index (χ3n) is 5.03. The molecule has 2 aromatic carbocycles. The number of piperidine rings is 1. The zero-order valence-electron chi connectivity index (χ0n) is 15.6. The van der Waals surface area contributed by atoms with E-state index in [0.29, 0.717) is 30.9 Å². The summed E-state index contributed by atoms with van der Waals surface area (Å²) in [5, 5.41) is 15.9. The fraction of sp³-hybridized carbons (Fsp3) is 0.286. The average molecular weight is 401 g/mol. The Kier molecular flexibility index (Phi) is 5.46. The Hall–Kier alpha value is -2.97. The van der Waals surface area contributed by atoms with Crippen molar-refractivity contribution in [2.75, 3.05) is 18.0 Å². The van der Waals surface area contributed by atoms with Gasteiger partial charge in [0.05, 0.1) is 30.6 Å². The molecule has 0 saturated carbocycles. The maximum atomic E-state index is 14.2. The third-order valence-corrected chi connectivity index (χ3v) is 5.03. The molecular weight excluding hydrogens is 380 g/mol. The molecule has 1 amide bonds. The molecule has 0 radical (unpaired) electrons. The molecule has 2 unspecified atom stereocenters. The van der Waals surface area contributed by atoms with E-state index < -0.39 is 23.6 Å². The van der Waals surface area contributed by atoms with E-state index in [0.717, 1.165) is 6.07 Å². The van der Waals surface area contributed by atoms with Crippen molar-refractivity contribution in [2.24, 2.45) is 0 Å². The number of hydrogen-bond donors (Lipinski definition) is 3. The number of aliphatic hydroxyl groups excluding tert-OH is 1. The predicted molar refractivity (Wildman–Crippen MR) is 103 cm³/mol. The van der Waals surface area contributed by atoms with Crippen LogP contribution in [0.5, 0.6) is 5.75 Å². The highest BCUT2D eigenvalue weighted by atomic mass is 19.2. The number of nitrogens with zero attached hydrogens (tertiary/aromatic N) is 1. The van der Waals surface area contributed by atoms with Gasteiger partial charge in [-0.3, -0.25) is 4.79 Å². The van der Waals surface area contributed by atoms with Gasteiger partial charge in [-0.25, -0.2) is 8.78 Å². The SMILES string of the molecule is O=C(NC1CCNCC1O)C1=CN(Cc2cccc(F)c2F)c2ccccc2O1. The minimum atomic E-state index is -0.925. The van der Waals surface area contributed by atoms with E-state index in [2.05, 4.69) is 10.6 Å². The van der Waals surface area contributed by atoms with Crippen molar-refractivity contribution in [3.05, 3.63) is 71.6 Å². The van der Waals surface area contributed by atoms with Crippen LogP contribution in [-0.2, 0) is 11.3 Å². The summed E-state index contributed by atoms with van der Waals surface area (Å²) in [4.78, 5) is 14.4. The van der Waals surface area contributed by atoms with Gasteiger partial charge >= 0.3 is 0 Å². The number of fused-ring (bicyclic) bond motifs is 1. The zero-order valence-corrected chi connectivity index (χ0v) is 15.6. The number of para-hydroxylation sites is 2. The number of β-amino-alcohol motifs (C(OH)–C–C–N with tert-alkyl or cyclic N) is 1. The van der Waals surface area contributed by atoms with E-state index in [1.165, 1.54) is 18.3 Å². The summed E-state index contributed by atoms with van der Waals surface area (Å²) < 4.78 is 33.5. The lowest BCUT2D eigenvalue weighted by Gasteiger charge is -2.31. The van der Waals surface area contributed by atoms with Gasteiger partial charge in [-0.1, -0.05) is 24.3 Å². The minimum absolute atomic E-state index is 0.0197. The molecule has 0 spiro atoms. The summed E-state index contributed by atoms with van der Waals surface area (Å²) in [5.41, 5.74) is 0.793. The van der Waals surface area contributed by atoms with Crippen LogP contribution in [-0.4, -0.2) is 36.2 Å². The summed E-state index contributed by atoms with van der Waals surface area (Å²) in [5.74, 6) is -1.87. The maximum Gasteiger partial charge on any atom is 0.288 e. The molecule has 0 aliphatic carbocycles. The highest BCUT2D eigenvalue weighted by molar-refractivity contribution is 5.93.